The van der Waals surface area contributed by atoms with Gasteiger partial charge in [-0.2, -0.15) is 0 Å². The van der Waals surface area contributed by atoms with Crippen LogP contribution in [-0.2, 0) is 15.9 Å². The highest BCUT2D eigenvalue weighted by molar-refractivity contribution is 5.94. The lowest BCUT2D eigenvalue weighted by molar-refractivity contribution is 0.0686. The second-order valence-electron chi connectivity index (χ2n) is 7.30. The zero-order valence-electron chi connectivity index (χ0n) is 18.2. The first-order valence-corrected chi connectivity index (χ1v) is 10.7. The summed E-state index contributed by atoms with van der Waals surface area (Å²) in [4.78, 5) is 23.8. The Labute approximate surface area is 184 Å². The normalized spacial score (nSPS) is 10.7. The van der Waals surface area contributed by atoms with E-state index in [1.807, 2.05) is 24.3 Å². The van der Waals surface area contributed by atoms with Gasteiger partial charge in [0.1, 0.15) is 0 Å². The number of unbranched alkanes of at least 4 members (excludes halogenated alkanes) is 3. The Morgan fingerprint density at radius 3 is 2.39 bits per heavy atom. The largest absolute Gasteiger partial charge is 0.382 e. The van der Waals surface area contributed by atoms with Crippen LogP contribution in [0, 0.1) is 0 Å². The highest BCUT2D eigenvalue weighted by Crippen LogP contribution is 2.15. The van der Waals surface area contributed by atoms with Crippen LogP contribution in [0.25, 0.3) is 0 Å². The van der Waals surface area contributed by atoms with Gasteiger partial charge in [0.15, 0.2) is 0 Å². The molecule has 4 N–H and O–H groups in total. The van der Waals surface area contributed by atoms with Crippen LogP contribution in [0.1, 0.15) is 57.5 Å². The van der Waals surface area contributed by atoms with E-state index in [1.165, 1.54) is 0 Å². The number of carbonyl (C=O) groups excluding carboxylic acids is 2. The number of primary amides is 1. The van der Waals surface area contributed by atoms with E-state index in [9.17, 15) is 9.59 Å². The van der Waals surface area contributed by atoms with Crippen molar-refractivity contribution in [2.45, 2.75) is 32.1 Å². The van der Waals surface area contributed by atoms with Gasteiger partial charge >= 0.3 is 0 Å². The quantitative estimate of drug-likeness (QED) is 0.300. The Kier molecular flexibility index (Phi) is 11.3. The molecule has 2 aromatic rings. The van der Waals surface area contributed by atoms with Crippen molar-refractivity contribution in [2.24, 2.45) is 5.73 Å². The minimum Gasteiger partial charge on any atom is -0.382 e. The van der Waals surface area contributed by atoms with Gasteiger partial charge < -0.3 is 15.2 Å². The minimum atomic E-state index is -0.437. The number of hydrogen-bond donors (Lipinski definition) is 3. The van der Waals surface area contributed by atoms with Crippen LogP contribution in [0.3, 0.4) is 0 Å². The van der Waals surface area contributed by atoms with E-state index >= 15 is 0 Å². The molecule has 2 rings (SSSR count). The average Bonchev–Trinajstić information content (AvgIpc) is 2.78. The molecule has 0 spiro atoms. The van der Waals surface area contributed by atoms with E-state index in [2.05, 4.69) is 10.9 Å². The predicted molar refractivity (Wildman–Crippen MR) is 121 cm³/mol. The number of hydrazine groups is 1. The Bertz CT molecular complexity index is 809. The molecule has 2 amide bonds. The maximum Gasteiger partial charge on any atom is 0.265 e. The minimum absolute atomic E-state index is 0.171. The summed E-state index contributed by atoms with van der Waals surface area (Å²) in [6, 6.07) is 14.6. The summed E-state index contributed by atoms with van der Waals surface area (Å²) in [5.74, 6) is -0.608. The fourth-order valence-electron chi connectivity index (χ4n) is 3.14. The first-order chi connectivity index (χ1) is 15.1. The van der Waals surface area contributed by atoms with Crippen LogP contribution < -0.4 is 16.6 Å². The van der Waals surface area contributed by atoms with Crippen molar-refractivity contribution in [1.82, 2.24) is 10.9 Å². The molecule has 0 heterocycles. The van der Waals surface area contributed by atoms with Gasteiger partial charge in [-0.05, 0) is 48.6 Å². The highest BCUT2D eigenvalue weighted by Gasteiger charge is 2.09. The van der Waals surface area contributed by atoms with Gasteiger partial charge in [0.2, 0.25) is 5.91 Å². The number of nitrogens with one attached hydrogen (secondary N) is 2. The molecular formula is C24H33N3O4. The molecule has 0 fully saturated rings. The lowest BCUT2D eigenvalue weighted by Crippen LogP contribution is -2.37. The second kappa shape index (κ2) is 14.3. The van der Waals surface area contributed by atoms with Crippen LogP contribution in [0.15, 0.2) is 48.5 Å². The van der Waals surface area contributed by atoms with Crippen LogP contribution in [0.4, 0.5) is 0 Å². The standard InChI is InChI=1S/C24H33N3O4/c1-30-16-17-31-15-7-3-2-6-14-26-27-24(29)20-12-10-19(11-13-20)18-21-8-4-5-9-22(21)23(25)28/h4-5,8-13,26H,2-3,6-7,14-18H2,1H3,(H2,25,28)(H,27,29). The van der Waals surface area contributed by atoms with Crippen LogP contribution in [-0.4, -0.2) is 45.3 Å². The third-order valence-corrected chi connectivity index (χ3v) is 4.87. The Hall–Kier alpha value is -2.74. The zero-order chi connectivity index (χ0) is 22.3. The second-order valence-corrected chi connectivity index (χ2v) is 7.30. The first kappa shape index (κ1) is 24.5. The lowest BCUT2D eigenvalue weighted by Gasteiger charge is -2.09. The molecule has 7 nitrogen and oxygen atoms in total. The van der Waals surface area contributed by atoms with Crippen molar-refractivity contribution < 1.29 is 19.1 Å². The molecule has 0 aliphatic carbocycles. The Morgan fingerprint density at radius 2 is 1.65 bits per heavy atom. The van der Waals surface area contributed by atoms with Crippen molar-refractivity contribution in [1.29, 1.82) is 0 Å². The van der Waals surface area contributed by atoms with Crippen molar-refractivity contribution in [3.63, 3.8) is 0 Å². The van der Waals surface area contributed by atoms with E-state index in [-0.39, 0.29) is 5.91 Å². The van der Waals surface area contributed by atoms with Crippen LogP contribution in [0.2, 0.25) is 0 Å². The number of ether oxygens (including phenoxy) is 2. The third-order valence-electron chi connectivity index (χ3n) is 4.87. The van der Waals surface area contributed by atoms with E-state index in [1.54, 1.807) is 31.4 Å². The number of amides is 2. The predicted octanol–water partition coefficient (Wildman–Crippen LogP) is 2.83. The van der Waals surface area contributed by atoms with E-state index in [4.69, 9.17) is 15.2 Å². The Morgan fingerprint density at radius 1 is 0.903 bits per heavy atom. The maximum atomic E-state index is 12.3. The summed E-state index contributed by atoms with van der Waals surface area (Å²) in [5.41, 5.74) is 14.1. The monoisotopic (exact) mass is 427 g/mol. The third kappa shape index (κ3) is 9.29. The molecule has 0 radical (unpaired) electrons. The summed E-state index contributed by atoms with van der Waals surface area (Å²) < 4.78 is 10.3. The number of carbonyl (C=O) groups is 2. The van der Waals surface area contributed by atoms with Crippen LogP contribution >= 0.6 is 0 Å². The van der Waals surface area contributed by atoms with Crippen molar-refractivity contribution in [2.75, 3.05) is 33.5 Å². The maximum absolute atomic E-state index is 12.3. The fourth-order valence-corrected chi connectivity index (χ4v) is 3.14. The summed E-state index contributed by atoms with van der Waals surface area (Å²) in [6.45, 7) is 2.76. The van der Waals surface area contributed by atoms with Gasteiger partial charge in [-0.15, -0.1) is 0 Å². The Balaban J connectivity index is 1.64. The van der Waals surface area contributed by atoms with Gasteiger partial charge in [-0.1, -0.05) is 43.2 Å². The number of hydrogen-bond acceptors (Lipinski definition) is 5. The first-order valence-electron chi connectivity index (χ1n) is 10.7. The van der Waals surface area contributed by atoms with Crippen molar-refractivity contribution in [3.05, 3.63) is 70.8 Å². The number of nitrogens with two attached hydrogens (primary N) is 1. The van der Waals surface area contributed by atoms with E-state index < -0.39 is 5.91 Å². The van der Waals surface area contributed by atoms with Gasteiger partial charge in [0.25, 0.3) is 5.91 Å². The molecule has 7 heteroatoms. The average molecular weight is 428 g/mol. The molecule has 0 aliphatic heterocycles. The number of rotatable bonds is 15. The molecule has 0 unspecified atom stereocenters. The van der Waals surface area contributed by atoms with Crippen molar-refractivity contribution in [3.8, 4) is 0 Å². The smallest absolute Gasteiger partial charge is 0.265 e. The number of methoxy groups -OCH3 is 1. The molecular weight excluding hydrogens is 394 g/mol. The summed E-state index contributed by atoms with van der Waals surface area (Å²) in [7, 11) is 1.67. The molecule has 168 valence electrons. The molecule has 31 heavy (non-hydrogen) atoms. The zero-order valence-corrected chi connectivity index (χ0v) is 18.2. The number of benzene rings is 2. The molecule has 0 atom stereocenters. The summed E-state index contributed by atoms with van der Waals surface area (Å²) >= 11 is 0. The molecule has 0 bridgehead atoms. The molecule has 0 saturated carbocycles. The molecule has 2 aromatic carbocycles. The topological polar surface area (TPSA) is 103 Å². The SMILES string of the molecule is COCCOCCCCCCNNC(=O)c1ccc(Cc2ccccc2C(N)=O)cc1. The molecule has 0 aromatic heterocycles. The summed E-state index contributed by atoms with van der Waals surface area (Å²) in [6.07, 6.45) is 4.78. The molecule has 0 saturated heterocycles. The lowest BCUT2D eigenvalue weighted by atomic mass is 9.98. The van der Waals surface area contributed by atoms with Gasteiger partial charge in [-0.25, -0.2) is 5.43 Å². The van der Waals surface area contributed by atoms with Gasteiger partial charge in [-0.3, -0.25) is 15.0 Å². The van der Waals surface area contributed by atoms with Crippen LogP contribution in [0.5, 0.6) is 0 Å². The summed E-state index contributed by atoms with van der Waals surface area (Å²) in [5, 5.41) is 0. The van der Waals surface area contributed by atoms with Gasteiger partial charge in [0.05, 0.1) is 13.2 Å². The van der Waals surface area contributed by atoms with E-state index in [0.717, 1.165) is 50.0 Å². The fraction of sp³-hybridized carbons (Fsp3) is 0.417. The van der Waals surface area contributed by atoms with Gasteiger partial charge in [0, 0.05) is 31.4 Å². The highest BCUT2D eigenvalue weighted by atomic mass is 16.5. The molecule has 0 aliphatic rings. The van der Waals surface area contributed by atoms with E-state index in [0.29, 0.717) is 30.8 Å². The van der Waals surface area contributed by atoms with Crippen molar-refractivity contribution >= 4 is 11.8 Å².